The lowest BCUT2D eigenvalue weighted by atomic mass is 9.87. The first-order valence-electron chi connectivity index (χ1n) is 5.50. The molecule has 2 heterocycles. The molecule has 0 saturated heterocycles. The second-order valence-corrected chi connectivity index (χ2v) is 3.90. The monoisotopic (exact) mass is 260 g/mol. The molecule has 19 heavy (non-hydrogen) atoms. The Bertz CT molecular complexity index is 605. The number of carbonyl (C=O) groups excluding carboxylic acids is 1. The highest BCUT2D eigenvalue weighted by molar-refractivity contribution is 5.92. The smallest absolute Gasteiger partial charge is 0.338 e. The Kier molecular flexibility index (Phi) is 3.29. The number of rotatable bonds is 2. The fourth-order valence-electron chi connectivity index (χ4n) is 2.00. The molecule has 2 rings (SSSR count). The van der Waals surface area contributed by atoms with Crippen LogP contribution in [0.3, 0.4) is 0 Å². The lowest BCUT2D eigenvalue weighted by Crippen LogP contribution is -2.24. The molecular formula is C13H12N2O4. The molecule has 0 aliphatic carbocycles. The normalized spacial score (nSPS) is 18.9. The van der Waals surface area contributed by atoms with Gasteiger partial charge in [0.25, 0.3) is 0 Å². The van der Waals surface area contributed by atoms with Gasteiger partial charge in [-0.05, 0) is 19.1 Å². The van der Waals surface area contributed by atoms with Crippen LogP contribution >= 0.6 is 0 Å². The summed E-state index contributed by atoms with van der Waals surface area (Å²) in [4.78, 5) is 11.9. The van der Waals surface area contributed by atoms with Crippen LogP contribution in [0.25, 0.3) is 0 Å². The SMILES string of the molecule is COC(=O)C1=C(C)OC(N)=C(C#N)[C@@H]1c1ccco1. The number of furan rings is 1. The Morgan fingerprint density at radius 1 is 1.58 bits per heavy atom. The Morgan fingerprint density at radius 2 is 2.32 bits per heavy atom. The van der Waals surface area contributed by atoms with Crippen LogP contribution in [0, 0.1) is 11.3 Å². The highest BCUT2D eigenvalue weighted by atomic mass is 16.5. The number of nitrogens with zero attached hydrogens (tertiary/aromatic N) is 1. The van der Waals surface area contributed by atoms with Gasteiger partial charge in [-0.1, -0.05) is 0 Å². The minimum Gasteiger partial charge on any atom is -0.468 e. The molecule has 6 heteroatoms. The third-order valence-electron chi connectivity index (χ3n) is 2.84. The van der Waals surface area contributed by atoms with Crippen LogP contribution in [0.1, 0.15) is 18.6 Å². The highest BCUT2D eigenvalue weighted by Crippen LogP contribution is 2.39. The summed E-state index contributed by atoms with van der Waals surface area (Å²) >= 11 is 0. The molecule has 0 saturated carbocycles. The van der Waals surface area contributed by atoms with Crippen molar-refractivity contribution in [2.45, 2.75) is 12.8 Å². The Morgan fingerprint density at radius 3 is 2.84 bits per heavy atom. The molecule has 1 aliphatic heterocycles. The number of methoxy groups -OCH3 is 1. The molecule has 98 valence electrons. The summed E-state index contributed by atoms with van der Waals surface area (Å²) in [5.41, 5.74) is 6.02. The molecule has 1 aromatic rings. The average molecular weight is 260 g/mol. The summed E-state index contributed by atoms with van der Waals surface area (Å²) < 4.78 is 15.2. The number of nitrogens with two attached hydrogens (primary N) is 1. The van der Waals surface area contributed by atoms with E-state index in [0.29, 0.717) is 11.5 Å². The predicted octanol–water partition coefficient (Wildman–Crippen LogP) is 1.53. The maximum atomic E-state index is 11.9. The maximum Gasteiger partial charge on any atom is 0.338 e. The van der Waals surface area contributed by atoms with E-state index in [-0.39, 0.29) is 17.0 Å². The second-order valence-electron chi connectivity index (χ2n) is 3.90. The molecule has 0 radical (unpaired) electrons. The Balaban J connectivity index is 2.61. The summed E-state index contributed by atoms with van der Waals surface area (Å²) in [6.45, 7) is 1.59. The van der Waals surface area contributed by atoms with E-state index in [1.165, 1.54) is 13.4 Å². The fraction of sp³-hybridized carbons (Fsp3) is 0.231. The van der Waals surface area contributed by atoms with Crippen LogP contribution in [-0.4, -0.2) is 13.1 Å². The molecule has 0 fully saturated rings. The van der Waals surface area contributed by atoms with Crippen LogP contribution in [0.2, 0.25) is 0 Å². The van der Waals surface area contributed by atoms with E-state index in [2.05, 4.69) is 0 Å². The van der Waals surface area contributed by atoms with Gasteiger partial charge in [-0.3, -0.25) is 0 Å². The van der Waals surface area contributed by atoms with Crippen LogP contribution in [0.5, 0.6) is 0 Å². The molecule has 0 unspecified atom stereocenters. The van der Waals surface area contributed by atoms with E-state index in [1.807, 2.05) is 6.07 Å². The maximum absolute atomic E-state index is 11.9. The van der Waals surface area contributed by atoms with Crippen molar-refractivity contribution < 1.29 is 18.7 Å². The van der Waals surface area contributed by atoms with E-state index in [1.54, 1.807) is 19.1 Å². The molecule has 6 nitrogen and oxygen atoms in total. The van der Waals surface area contributed by atoms with E-state index >= 15 is 0 Å². The number of hydrogen-bond acceptors (Lipinski definition) is 6. The number of nitriles is 1. The zero-order valence-corrected chi connectivity index (χ0v) is 10.5. The first-order valence-corrected chi connectivity index (χ1v) is 5.50. The van der Waals surface area contributed by atoms with E-state index in [0.717, 1.165) is 0 Å². The summed E-state index contributed by atoms with van der Waals surface area (Å²) in [5, 5.41) is 9.20. The fourth-order valence-corrected chi connectivity index (χ4v) is 2.00. The van der Waals surface area contributed by atoms with Crippen molar-refractivity contribution in [2.24, 2.45) is 5.73 Å². The van der Waals surface area contributed by atoms with Gasteiger partial charge in [-0.15, -0.1) is 0 Å². The summed E-state index contributed by atoms with van der Waals surface area (Å²) in [5.74, 6) is -0.596. The minimum absolute atomic E-state index is 0.0333. The number of carbonyl (C=O) groups is 1. The number of esters is 1. The van der Waals surface area contributed by atoms with Gasteiger partial charge in [0.1, 0.15) is 23.2 Å². The Hall–Kier alpha value is -2.68. The molecule has 1 aliphatic rings. The number of hydrogen-bond donors (Lipinski definition) is 1. The molecule has 0 amide bonds. The zero-order valence-electron chi connectivity index (χ0n) is 10.5. The van der Waals surface area contributed by atoms with Crippen molar-refractivity contribution in [1.29, 1.82) is 5.26 Å². The first kappa shape index (κ1) is 12.8. The van der Waals surface area contributed by atoms with Crippen molar-refractivity contribution in [2.75, 3.05) is 7.11 Å². The molecular weight excluding hydrogens is 248 g/mol. The van der Waals surface area contributed by atoms with Gasteiger partial charge in [0.15, 0.2) is 0 Å². The third kappa shape index (κ3) is 2.06. The largest absolute Gasteiger partial charge is 0.468 e. The quantitative estimate of drug-likeness (QED) is 0.810. The molecule has 1 atom stereocenters. The first-order chi connectivity index (χ1) is 9.10. The van der Waals surface area contributed by atoms with Crippen molar-refractivity contribution >= 4 is 5.97 Å². The number of ether oxygens (including phenoxy) is 2. The highest BCUT2D eigenvalue weighted by Gasteiger charge is 2.37. The van der Waals surface area contributed by atoms with Gasteiger partial charge >= 0.3 is 5.97 Å². The van der Waals surface area contributed by atoms with Crippen LogP contribution in [0.15, 0.2) is 45.6 Å². The average Bonchev–Trinajstić information content (AvgIpc) is 2.90. The molecule has 2 N–H and O–H groups in total. The van der Waals surface area contributed by atoms with Crippen molar-refractivity contribution in [3.63, 3.8) is 0 Å². The van der Waals surface area contributed by atoms with Crippen molar-refractivity contribution in [1.82, 2.24) is 0 Å². The molecule has 1 aromatic heterocycles. The topological polar surface area (TPSA) is 98.5 Å². The van der Waals surface area contributed by atoms with Crippen LogP contribution < -0.4 is 5.73 Å². The summed E-state index contributed by atoms with van der Waals surface area (Å²) in [7, 11) is 1.26. The zero-order chi connectivity index (χ0) is 14.0. The molecule has 0 bridgehead atoms. The number of allylic oxidation sites excluding steroid dienone is 2. The van der Waals surface area contributed by atoms with Gasteiger partial charge in [-0.25, -0.2) is 4.79 Å². The summed E-state index contributed by atoms with van der Waals surface area (Å²) in [6.07, 6.45) is 1.46. The van der Waals surface area contributed by atoms with E-state index < -0.39 is 11.9 Å². The second kappa shape index (κ2) is 4.90. The van der Waals surface area contributed by atoms with Gasteiger partial charge in [0.2, 0.25) is 5.88 Å². The van der Waals surface area contributed by atoms with E-state index in [4.69, 9.17) is 19.6 Å². The van der Waals surface area contributed by atoms with Gasteiger partial charge < -0.3 is 19.6 Å². The van der Waals surface area contributed by atoms with Crippen LogP contribution in [-0.2, 0) is 14.3 Å². The standard InChI is InChI=1S/C13H12N2O4/c1-7-10(13(16)17-2)11(9-4-3-5-18-9)8(6-14)12(15)19-7/h3-5,11H,15H2,1-2H3/t11-/m1/s1. The van der Waals surface area contributed by atoms with E-state index in [9.17, 15) is 10.1 Å². The van der Waals surface area contributed by atoms with Crippen LogP contribution in [0.4, 0.5) is 0 Å². The third-order valence-corrected chi connectivity index (χ3v) is 2.84. The molecule has 0 aromatic carbocycles. The predicted molar refractivity (Wildman–Crippen MR) is 64.1 cm³/mol. The Labute approximate surface area is 109 Å². The lowest BCUT2D eigenvalue weighted by molar-refractivity contribution is -0.136. The minimum atomic E-state index is -0.707. The van der Waals surface area contributed by atoms with Gasteiger partial charge in [0.05, 0.1) is 24.9 Å². The van der Waals surface area contributed by atoms with Crippen molar-refractivity contribution in [3.05, 3.63) is 46.9 Å². The van der Waals surface area contributed by atoms with Crippen molar-refractivity contribution in [3.8, 4) is 6.07 Å². The van der Waals surface area contributed by atoms with Gasteiger partial charge in [-0.2, -0.15) is 5.26 Å². The summed E-state index contributed by atoms with van der Waals surface area (Å²) in [6, 6.07) is 5.28. The van der Waals surface area contributed by atoms with Gasteiger partial charge in [0, 0.05) is 0 Å². The lowest BCUT2D eigenvalue weighted by Gasteiger charge is -2.24. The molecule has 0 spiro atoms.